The summed E-state index contributed by atoms with van der Waals surface area (Å²) in [5.41, 5.74) is 0.924. The molecule has 2 aromatic rings. The molecule has 4 nitrogen and oxygen atoms in total. The summed E-state index contributed by atoms with van der Waals surface area (Å²) in [5.74, 6) is -0.266. The quantitative estimate of drug-likeness (QED) is 0.877. The number of esters is 1. The van der Waals surface area contributed by atoms with E-state index in [1.54, 1.807) is 0 Å². The molecule has 0 aromatic heterocycles. The Balaban J connectivity index is 1.90. The SMILES string of the molecule is COC(=O)C(NC1CCOC1)c1ccc2ccccc2c1. The van der Waals surface area contributed by atoms with E-state index < -0.39 is 6.04 Å². The Morgan fingerprint density at radius 1 is 1.29 bits per heavy atom. The first kappa shape index (κ1) is 14.0. The fraction of sp³-hybridized carbons (Fsp3) is 0.353. The third-order valence-electron chi connectivity index (χ3n) is 3.88. The Morgan fingerprint density at radius 2 is 2.10 bits per heavy atom. The van der Waals surface area contributed by atoms with E-state index in [0.29, 0.717) is 6.61 Å². The maximum atomic E-state index is 12.1. The summed E-state index contributed by atoms with van der Waals surface area (Å²) < 4.78 is 10.3. The number of methoxy groups -OCH3 is 1. The number of hydrogen-bond donors (Lipinski definition) is 1. The molecule has 21 heavy (non-hydrogen) atoms. The standard InChI is InChI=1S/C17H19NO3/c1-20-17(19)16(18-15-8-9-21-11-15)14-7-6-12-4-2-3-5-13(12)10-14/h2-7,10,15-16,18H,8-9,11H2,1H3. The molecule has 2 atom stereocenters. The predicted octanol–water partition coefficient (Wildman–Crippen LogP) is 2.43. The second-order valence-electron chi connectivity index (χ2n) is 5.29. The Hall–Kier alpha value is -1.91. The molecule has 110 valence electrons. The minimum Gasteiger partial charge on any atom is -0.468 e. The Morgan fingerprint density at radius 3 is 2.81 bits per heavy atom. The van der Waals surface area contributed by atoms with E-state index in [4.69, 9.17) is 9.47 Å². The summed E-state index contributed by atoms with van der Waals surface area (Å²) in [6.45, 7) is 1.38. The zero-order valence-corrected chi connectivity index (χ0v) is 12.0. The number of benzene rings is 2. The zero-order chi connectivity index (χ0) is 14.7. The van der Waals surface area contributed by atoms with Crippen LogP contribution in [0.2, 0.25) is 0 Å². The van der Waals surface area contributed by atoms with Crippen molar-refractivity contribution in [1.29, 1.82) is 0 Å². The molecule has 1 aliphatic heterocycles. The summed E-state index contributed by atoms with van der Waals surface area (Å²) in [6.07, 6.45) is 0.918. The van der Waals surface area contributed by atoms with Gasteiger partial charge in [-0.3, -0.25) is 5.32 Å². The van der Waals surface area contributed by atoms with Crippen molar-refractivity contribution in [2.45, 2.75) is 18.5 Å². The molecule has 1 fully saturated rings. The Bertz CT molecular complexity index is 635. The van der Waals surface area contributed by atoms with Crippen molar-refractivity contribution in [3.8, 4) is 0 Å². The van der Waals surface area contributed by atoms with E-state index in [1.807, 2.05) is 36.4 Å². The maximum Gasteiger partial charge on any atom is 0.327 e. The molecule has 0 bridgehead atoms. The van der Waals surface area contributed by atoms with Crippen molar-refractivity contribution >= 4 is 16.7 Å². The van der Waals surface area contributed by atoms with Crippen LogP contribution in [0.15, 0.2) is 42.5 Å². The van der Waals surface area contributed by atoms with Crippen molar-refractivity contribution < 1.29 is 14.3 Å². The van der Waals surface area contributed by atoms with Crippen LogP contribution in [-0.2, 0) is 14.3 Å². The third kappa shape index (κ3) is 3.06. The highest BCUT2D eigenvalue weighted by molar-refractivity contribution is 5.85. The topological polar surface area (TPSA) is 47.6 Å². The molecule has 1 N–H and O–H groups in total. The van der Waals surface area contributed by atoms with Crippen molar-refractivity contribution in [2.24, 2.45) is 0 Å². The molecule has 1 aliphatic rings. The van der Waals surface area contributed by atoms with E-state index >= 15 is 0 Å². The van der Waals surface area contributed by atoms with Crippen LogP contribution in [0, 0.1) is 0 Å². The van der Waals surface area contributed by atoms with Crippen molar-refractivity contribution in [1.82, 2.24) is 5.32 Å². The molecule has 1 heterocycles. The van der Waals surface area contributed by atoms with E-state index in [0.717, 1.165) is 29.4 Å². The lowest BCUT2D eigenvalue weighted by atomic mass is 10.0. The molecular formula is C17H19NO3. The minimum absolute atomic E-state index is 0.195. The van der Waals surface area contributed by atoms with Gasteiger partial charge in [0.2, 0.25) is 0 Å². The average Bonchev–Trinajstić information content (AvgIpc) is 3.04. The van der Waals surface area contributed by atoms with Crippen LogP contribution in [0.4, 0.5) is 0 Å². The van der Waals surface area contributed by atoms with E-state index in [9.17, 15) is 4.79 Å². The summed E-state index contributed by atoms with van der Waals surface area (Å²) in [7, 11) is 1.42. The lowest BCUT2D eigenvalue weighted by Gasteiger charge is -2.21. The van der Waals surface area contributed by atoms with Crippen LogP contribution in [0.5, 0.6) is 0 Å². The van der Waals surface area contributed by atoms with Crippen LogP contribution >= 0.6 is 0 Å². The van der Waals surface area contributed by atoms with Gasteiger partial charge in [0.1, 0.15) is 6.04 Å². The van der Waals surface area contributed by atoms with Gasteiger partial charge in [0.15, 0.2) is 0 Å². The smallest absolute Gasteiger partial charge is 0.327 e. The van der Waals surface area contributed by atoms with Gasteiger partial charge in [0, 0.05) is 12.6 Å². The normalized spacial score (nSPS) is 19.6. The monoisotopic (exact) mass is 285 g/mol. The molecule has 3 rings (SSSR count). The van der Waals surface area contributed by atoms with Crippen LogP contribution in [0.3, 0.4) is 0 Å². The summed E-state index contributed by atoms with van der Waals surface area (Å²) in [5, 5.41) is 5.63. The van der Waals surface area contributed by atoms with Crippen LogP contribution in [0.1, 0.15) is 18.0 Å². The Labute approximate surface area is 124 Å². The number of ether oxygens (including phenoxy) is 2. The number of rotatable bonds is 4. The van der Waals surface area contributed by atoms with E-state index in [1.165, 1.54) is 7.11 Å². The van der Waals surface area contributed by atoms with Gasteiger partial charge in [-0.05, 0) is 28.8 Å². The van der Waals surface area contributed by atoms with Gasteiger partial charge in [0.25, 0.3) is 0 Å². The Kier molecular flexibility index (Phi) is 4.18. The number of hydrogen-bond acceptors (Lipinski definition) is 4. The van der Waals surface area contributed by atoms with Gasteiger partial charge < -0.3 is 9.47 Å². The lowest BCUT2D eigenvalue weighted by Crippen LogP contribution is -2.38. The molecule has 4 heteroatoms. The maximum absolute atomic E-state index is 12.1. The molecule has 0 radical (unpaired) electrons. The second kappa shape index (κ2) is 6.24. The van der Waals surface area contributed by atoms with Crippen molar-refractivity contribution in [3.63, 3.8) is 0 Å². The fourth-order valence-corrected chi connectivity index (χ4v) is 2.71. The molecule has 1 saturated heterocycles. The zero-order valence-electron chi connectivity index (χ0n) is 12.0. The largest absolute Gasteiger partial charge is 0.468 e. The molecule has 0 spiro atoms. The number of nitrogens with one attached hydrogen (secondary N) is 1. The highest BCUT2D eigenvalue weighted by atomic mass is 16.5. The lowest BCUT2D eigenvalue weighted by molar-refractivity contribution is -0.143. The summed E-state index contributed by atoms with van der Waals surface area (Å²) >= 11 is 0. The van der Waals surface area contributed by atoms with Gasteiger partial charge in [-0.2, -0.15) is 0 Å². The predicted molar refractivity (Wildman–Crippen MR) is 81.1 cm³/mol. The molecule has 2 aromatic carbocycles. The summed E-state index contributed by atoms with van der Waals surface area (Å²) in [6, 6.07) is 13.9. The van der Waals surface area contributed by atoms with Gasteiger partial charge in [-0.25, -0.2) is 4.79 Å². The van der Waals surface area contributed by atoms with Gasteiger partial charge in [-0.15, -0.1) is 0 Å². The van der Waals surface area contributed by atoms with Crippen LogP contribution < -0.4 is 5.32 Å². The first-order valence-electron chi connectivity index (χ1n) is 7.18. The summed E-state index contributed by atoms with van der Waals surface area (Å²) in [4.78, 5) is 12.1. The van der Waals surface area contributed by atoms with Crippen LogP contribution in [-0.4, -0.2) is 32.3 Å². The van der Waals surface area contributed by atoms with E-state index in [2.05, 4.69) is 11.4 Å². The molecule has 0 saturated carbocycles. The first-order valence-corrected chi connectivity index (χ1v) is 7.18. The second-order valence-corrected chi connectivity index (χ2v) is 5.29. The van der Waals surface area contributed by atoms with Crippen LogP contribution in [0.25, 0.3) is 10.8 Å². The minimum atomic E-state index is -0.452. The van der Waals surface area contributed by atoms with E-state index in [-0.39, 0.29) is 12.0 Å². The van der Waals surface area contributed by atoms with Gasteiger partial charge >= 0.3 is 5.97 Å². The highest BCUT2D eigenvalue weighted by Crippen LogP contribution is 2.22. The molecule has 2 unspecified atom stereocenters. The van der Waals surface area contributed by atoms with Crippen molar-refractivity contribution in [2.75, 3.05) is 20.3 Å². The fourth-order valence-electron chi connectivity index (χ4n) is 2.71. The first-order chi connectivity index (χ1) is 10.3. The number of carbonyl (C=O) groups excluding carboxylic acids is 1. The average molecular weight is 285 g/mol. The van der Waals surface area contributed by atoms with Gasteiger partial charge in [0.05, 0.1) is 13.7 Å². The van der Waals surface area contributed by atoms with Crippen molar-refractivity contribution in [3.05, 3.63) is 48.0 Å². The molecular weight excluding hydrogens is 266 g/mol. The number of fused-ring (bicyclic) bond motifs is 1. The van der Waals surface area contributed by atoms with Gasteiger partial charge in [-0.1, -0.05) is 36.4 Å². The number of carbonyl (C=O) groups is 1. The highest BCUT2D eigenvalue weighted by Gasteiger charge is 2.26. The third-order valence-corrected chi connectivity index (χ3v) is 3.88. The molecule has 0 amide bonds. The molecule has 0 aliphatic carbocycles.